The van der Waals surface area contributed by atoms with Gasteiger partial charge in [-0.05, 0) is 37.3 Å². The minimum absolute atomic E-state index is 0.0260. The predicted molar refractivity (Wildman–Crippen MR) is 73.0 cm³/mol. The molecule has 0 spiro atoms. The molecule has 0 amide bonds. The second-order valence-corrected chi connectivity index (χ2v) is 4.74. The first-order chi connectivity index (χ1) is 9.47. The van der Waals surface area contributed by atoms with Gasteiger partial charge in [-0.3, -0.25) is 10.1 Å². The maximum atomic E-state index is 13.1. The van der Waals surface area contributed by atoms with Crippen molar-refractivity contribution < 1.29 is 18.7 Å². The first-order valence-electron chi connectivity index (χ1n) is 5.97. The molecule has 0 aliphatic heterocycles. The highest BCUT2D eigenvalue weighted by Gasteiger charge is 2.12. The first-order valence-corrected chi connectivity index (χ1v) is 6.35. The fourth-order valence-electron chi connectivity index (χ4n) is 1.62. The lowest BCUT2D eigenvalue weighted by atomic mass is 10.2. The van der Waals surface area contributed by atoms with Crippen LogP contribution in [0, 0.1) is 5.82 Å². The minimum Gasteiger partial charge on any atom is -0.480 e. The number of furan rings is 1. The lowest BCUT2D eigenvalue weighted by Gasteiger charge is -2.06. The summed E-state index contributed by atoms with van der Waals surface area (Å²) < 4.78 is 18.6. The predicted octanol–water partition coefficient (Wildman–Crippen LogP) is 3.30. The van der Waals surface area contributed by atoms with Crippen molar-refractivity contribution in [1.29, 1.82) is 0 Å². The van der Waals surface area contributed by atoms with Crippen LogP contribution in [-0.2, 0) is 11.3 Å². The molecule has 106 valence electrons. The first kappa shape index (κ1) is 14.6. The van der Waals surface area contributed by atoms with Crippen molar-refractivity contribution in [2.75, 3.05) is 0 Å². The summed E-state index contributed by atoms with van der Waals surface area (Å²) >= 11 is 5.71. The number of benzene rings is 1. The summed E-state index contributed by atoms with van der Waals surface area (Å²) in [4.78, 5) is 10.7. The van der Waals surface area contributed by atoms with Crippen LogP contribution in [0.25, 0.3) is 11.3 Å². The fraction of sp³-hybridized carbons (Fsp3) is 0.214. The van der Waals surface area contributed by atoms with Gasteiger partial charge in [-0.25, -0.2) is 4.39 Å². The van der Waals surface area contributed by atoms with Gasteiger partial charge >= 0.3 is 5.97 Å². The zero-order chi connectivity index (χ0) is 14.7. The maximum Gasteiger partial charge on any atom is 0.320 e. The van der Waals surface area contributed by atoms with Gasteiger partial charge in [-0.2, -0.15) is 0 Å². The molecular formula is C14H13ClFNO3. The molecule has 0 saturated carbocycles. The Labute approximate surface area is 120 Å². The Balaban J connectivity index is 2.08. The van der Waals surface area contributed by atoms with Gasteiger partial charge in [0.1, 0.15) is 23.4 Å². The molecule has 1 aromatic carbocycles. The van der Waals surface area contributed by atoms with Crippen molar-refractivity contribution in [2.45, 2.75) is 19.5 Å². The number of aliphatic carboxylic acids is 1. The number of carbonyl (C=O) groups is 1. The molecule has 2 rings (SSSR count). The summed E-state index contributed by atoms with van der Waals surface area (Å²) in [6, 6.07) is 7.11. The third-order valence-corrected chi connectivity index (χ3v) is 3.11. The van der Waals surface area contributed by atoms with E-state index in [1.165, 1.54) is 12.1 Å². The zero-order valence-electron chi connectivity index (χ0n) is 10.7. The molecule has 2 N–H and O–H groups in total. The van der Waals surface area contributed by atoms with Crippen molar-refractivity contribution in [3.8, 4) is 11.3 Å². The molecule has 0 radical (unpaired) electrons. The maximum absolute atomic E-state index is 13.1. The molecule has 0 aliphatic rings. The van der Waals surface area contributed by atoms with Gasteiger partial charge in [0.15, 0.2) is 0 Å². The summed E-state index contributed by atoms with van der Waals surface area (Å²) in [5.41, 5.74) is 0.661. The SMILES string of the molecule is CC(NCc1ccc(-c2ccc(F)c(Cl)c2)o1)C(=O)O. The molecule has 1 unspecified atom stereocenters. The second-order valence-electron chi connectivity index (χ2n) is 4.34. The van der Waals surface area contributed by atoms with Gasteiger partial charge in [0.25, 0.3) is 0 Å². The zero-order valence-corrected chi connectivity index (χ0v) is 11.4. The molecule has 0 saturated heterocycles. The molecule has 2 aromatic rings. The number of nitrogens with one attached hydrogen (secondary N) is 1. The quantitative estimate of drug-likeness (QED) is 0.889. The summed E-state index contributed by atoms with van der Waals surface area (Å²) in [6.07, 6.45) is 0. The number of hydrogen-bond acceptors (Lipinski definition) is 3. The van der Waals surface area contributed by atoms with Crippen LogP contribution in [0.3, 0.4) is 0 Å². The van der Waals surface area contributed by atoms with E-state index in [0.29, 0.717) is 23.6 Å². The van der Waals surface area contributed by atoms with Gasteiger partial charge < -0.3 is 9.52 Å². The monoisotopic (exact) mass is 297 g/mol. The summed E-state index contributed by atoms with van der Waals surface area (Å²) in [7, 11) is 0. The number of halogens is 2. The Bertz CT molecular complexity index is 627. The Morgan fingerprint density at radius 2 is 2.20 bits per heavy atom. The van der Waals surface area contributed by atoms with Gasteiger partial charge in [0, 0.05) is 5.56 Å². The second kappa shape index (κ2) is 6.07. The molecule has 20 heavy (non-hydrogen) atoms. The molecular weight excluding hydrogens is 285 g/mol. The highest BCUT2D eigenvalue weighted by molar-refractivity contribution is 6.31. The third kappa shape index (κ3) is 3.37. The van der Waals surface area contributed by atoms with Crippen molar-refractivity contribution >= 4 is 17.6 Å². The van der Waals surface area contributed by atoms with E-state index >= 15 is 0 Å². The molecule has 0 bridgehead atoms. The minimum atomic E-state index is -0.929. The van der Waals surface area contributed by atoms with Gasteiger partial charge in [-0.1, -0.05) is 11.6 Å². The largest absolute Gasteiger partial charge is 0.480 e. The lowest BCUT2D eigenvalue weighted by molar-refractivity contribution is -0.139. The number of rotatable bonds is 5. The summed E-state index contributed by atoms with van der Waals surface area (Å²) in [6.45, 7) is 1.84. The van der Waals surface area contributed by atoms with E-state index in [9.17, 15) is 9.18 Å². The van der Waals surface area contributed by atoms with Crippen molar-refractivity contribution in [3.05, 3.63) is 46.9 Å². The van der Waals surface area contributed by atoms with E-state index in [0.717, 1.165) is 0 Å². The van der Waals surface area contributed by atoms with Crippen molar-refractivity contribution in [1.82, 2.24) is 5.32 Å². The molecule has 0 aliphatic carbocycles. The summed E-state index contributed by atoms with van der Waals surface area (Å²) in [5, 5.41) is 11.6. The van der Waals surface area contributed by atoms with Gasteiger partial charge in [0.2, 0.25) is 0 Å². The Morgan fingerprint density at radius 1 is 1.45 bits per heavy atom. The molecule has 1 atom stereocenters. The average molecular weight is 298 g/mol. The summed E-state index contributed by atoms with van der Waals surface area (Å²) in [5.74, 6) is -0.276. The van der Waals surface area contributed by atoms with Crippen molar-refractivity contribution in [3.63, 3.8) is 0 Å². The third-order valence-electron chi connectivity index (χ3n) is 2.82. The van der Waals surface area contributed by atoms with E-state index in [4.69, 9.17) is 21.1 Å². The van der Waals surface area contributed by atoms with Crippen LogP contribution in [-0.4, -0.2) is 17.1 Å². The van der Waals surface area contributed by atoms with E-state index in [1.807, 2.05) is 0 Å². The Morgan fingerprint density at radius 3 is 2.85 bits per heavy atom. The molecule has 0 fully saturated rings. The van der Waals surface area contributed by atoms with Crippen LogP contribution >= 0.6 is 11.6 Å². The van der Waals surface area contributed by atoms with Crippen LogP contribution in [0.4, 0.5) is 4.39 Å². The topological polar surface area (TPSA) is 62.5 Å². The molecule has 1 heterocycles. The fourth-order valence-corrected chi connectivity index (χ4v) is 1.80. The Kier molecular flexibility index (Phi) is 4.42. The van der Waals surface area contributed by atoms with Crippen LogP contribution in [0.1, 0.15) is 12.7 Å². The van der Waals surface area contributed by atoms with Gasteiger partial charge in [0.05, 0.1) is 11.6 Å². The molecule has 1 aromatic heterocycles. The van der Waals surface area contributed by atoms with Crippen LogP contribution in [0.5, 0.6) is 0 Å². The van der Waals surface area contributed by atoms with E-state index in [1.54, 1.807) is 25.1 Å². The standard InChI is InChI=1S/C14H13ClFNO3/c1-8(14(18)19)17-7-10-3-5-13(20-10)9-2-4-12(16)11(15)6-9/h2-6,8,17H,7H2,1H3,(H,18,19). The number of hydrogen-bond donors (Lipinski definition) is 2. The van der Waals surface area contributed by atoms with Crippen molar-refractivity contribution in [2.24, 2.45) is 0 Å². The van der Waals surface area contributed by atoms with Crippen LogP contribution in [0.15, 0.2) is 34.7 Å². The number of carboxylic acids is 1. The normalized spacial score (nSPS) is 12.3. The smallest absolute Gasteiger partial charge is 0.320 e. The molecule has 6 heteroatoms. The van der Waals surface area contributed by atoms with E-state index < -0.39 is 17.8 Å². The molecule has 4 nitrogen and oxygen atoms in total. The van der Waals surface area contributed by atoms with E-state index in [-0.39, 0.29) is 5.02 Å². The van der Waals surface area contributed by atoms with Gasteiger partial charge in [-0.15, -0.1) is 0 Å². The highest BCUT2D eigenvalue weighted by Crippen LogP contribution is 2.26. The average Bonchev–Trinajstić information content (AvgIpc) is 2.87. The van der Waals surface area contributed by atoms with Crippen LogP contribution in [0.2, 0.25) is 5.02 Å². The highest BCUT2D eigenvalue weighted by atomic mass is 35.5. The van der Waals surface area contributed by atoms with E-state index in [2.05, 4.69) is 5.32 Å². The number of carboxylic acid groups (broad SMARTS) is 1. The lowest BCUT2D eigenvalue weighted by Crippen LogP contribution is -2.32. The Hall–Kier alpha value is -1.85. The van der Waals surface area contributed by atoms with Crippen LogP contribution < -0.4 is 5.32 Å².